The average molecular weight is 299 g/mol. The number of rotatable bonds is 3. The maximum absolute atomic E-state index is 11.6. The van der Waals surface area contributed by atoms with Gasteiger partial charge in [-0.1, -0.05) is 13.0 Å². The van der Waals surface area contributed by atoms with Gasteiger partial charge in [0.15, 0.2) is 0 Å². The van der Waals surface area contributed by atoms with E-state index in [2.05, 4.69) is 11.8 Å². The van der Waals surface area contributed by atoms with Crippen LogP contribution in [-0.2, 0) is 14.8 Å². The van der Waals surface area contributed by atoms with Crippen LogP contribution in [0.25, 0.3) is 0 Å². The summed E-state index contributed by atoms with van der Waals surface area (Å²) in [4.78, 5) is 2.09. The molecule has 1 heterocycles. The molecule has 4 N–H and O–H groups in total. The second kappa shape index (κ2) is 5.59. The van der Waals surface area contributed by atoms with Crippen LogP contribution in [0.1, 0.15) is 20.3 Å². The van der Waals surface area contributed by atoms with E-state index in [-0.39, 0.29) is 22.7 Å². The van der Waals surface area contributed by atoms with Crippen molar-refractivity contribution in [1.82, 2.24) is 0 Å². The highest BCUT2D eigenvalue weighted by atomic mass is 32.2. The van der Waals surface area contributed by atoms with Crippen LogP contribution in [0.15, 0.2) is 23.1 Å². The van der Waals surface area contributed by atoms with Crippen molar-refractivity contribution in [2.24, 2.45) is 5.14 Å². The quantitative estimate of drug-likeness (QED) is 0.809. The van der Waals surface area contributed by atoms with Crippen LogP contribution in [0.3, 0.4) is 0 Å². The molecule has 0 amide bonds. The minimum atomic E-state index is -3.82. The van der Waals surface area contributed by atoms with E-state index in [0.717, 1.165) is 6.42 Å². The summed E-state index contributed by atoms with van der Waals surface area (Å²) < 4.78 is 28.8. The third-order valence-electron chi connectivity index (χ3n) is 3.60. The maximum atomic E-state index is 11.6. The fourth-order valence-corrected chi connectivity index (χ4v) is 3.19. The van der Waals surface area contributed by atoms with Gasteiger partial charge in [-0.15, -0.1) is 0 Å². The number of morpholine rings is 1. The Morgan fingerprint density at radius 2 is 2.15 bits per heavy atom. The Hall–Kier alpha value is -1.31. The number of hydrogen-bond donors (Lipinski definition) is 2. The lowest BCUT2D eigenvalue weighted by molar-refractivity contribution is 0.0300. The van der Waals surface area contributed by atoms with Gasteiger partial charge in [-0.2, -0.15) is 0 Å². The highest BCUT2D eigenvalue weighted by Gasteiger charge is 2.28. The number of nitrogens with zero attached hydrogens (tertiary/aromatic N) is 1. The number of anilines is 2. The molecule has 0 aliphatic carbocycles. The topological polar surface area (TPSA) is 98.6 Å². The van der Waals surface area contributed by atoms with Crippen molar-refractivity contribution in [1.29, 1.82) is 0 Å². The van der Waals surface area contributed by atoms with Gasteiger partial charge in [0.2, 0.25) is 10.0 Å². The number of nitrogens with two attached hydrogens (primary N) is 2. The molecule has 0 saturated carbocycles. The van der Waals surface area contributed by atoms with Gasteiger partial charge in [-0.3, -0.25) is 0 Å². The molecule has 7 heteroatoms. The lowest BCUT2D eigenvalue weighted by Crippen LogP contribution is -2.49. The lowest BCUT2D eigenvalue weighted by atomic mass is 10.1. The molecule has 0 bridgehead atoms. The zero-order valence-electron chi connectivity index (χ0n) is 11.7. The second-order valence-electron chi connectivity index (χ2n) is 5.09. The average Bonchev–Trinajstić information content (AvgIpc) is 2.37. The molecule has 0 radical (unpaired) electrons. The summed E-state index contributed by atoms with van der Waals surface area (Å²) in [7, 11) is -3.82. The molecule has 1 aliphatic heterocycles. The van der Waals surface area contributed by atoms with Crippen LogP contribution in [0, 0.1) is 0 Å². The van der Waals surface area contributed by atoms with Gasteiger partial charge < -0.3 is 15.4 Å². The van der Waals surface area contributed by atoms with E-state index < -0.39 is 10.0 Å². The van der Waals surface area contributed by atoms with Crippen LogP contribution in [-0.4, -0.2) is 33.7 Å². The summed E-state index contributed by atoms with van der Waals surface area (Å²) in [6.45, 7) is 5.34. The van der Waals surface area contributed by atoms with Gasteiger partial charge >= 0.3 is 0 Å². The van der Waals surface area contributed by atoms with Crippen molar-refractivity contribution in [3.8, 4) is 0 Å². The maximum Gasteiger partial charge on any atom is 0.240 e. The third kappa shape index (κ3) is 2.89. The van der Waals surface area contributed by atoms with Crippen molar-refractivity contribution in [2.45, 2.75) is 37.3 Å². The summed E-state index contributed by atoms with van der Waals surface area (Å²) >= 11 is 0. The first kappa shape index (κ1) is 15.1. The molecule has 0 aromatic heterocycles. The Morgan fingerprint density at radius 3 is 2.75 bits per heavy atom. The van der Waals surface area contributed by atoms with Gasteiger partial charge in [0, 0.05) is 6.54 Å². The second-order valence-corrected chi connectivity index (χ2v) is 6.62. The minimum absolute atomic E-state index is 0.0241. The number of para-hydroxylation sites is 1. The predicted molar refractivity (Wildman–Crippen MR) is 79.1 cm³/mol. The summed E-state index contributed by atoms with van der Waals surface area (Å²) in [6.07, 6.45) is 0.974. The van der Waals surface area contributed by atoms with Crippen molar-refractivity contribution < 1.29 is 13.2 Å². The predicted octanol–water partition coefficient (Wildman–Crippen LogP) is 0.920. The molecule has 1 aliphatic rings. The Morgan fingerprint density at radius 1 is 1.45 bits per heavy atom. The Kier molecular flexibility index (Phi) is 4.22. The van der Waals surface area contributed by atoms with E-state index in [1.807, 2.05) is 13.0 Å². The monoisotopic (exact) mass is 299 g/mol. The molecule has 6 nitrogen and oxygen atoms in total. The first-order valence-corrected chi connectivity index (χ1v) is 8.18. The molecule has 2 atom stereocenters. The summed E-state index contributed by atoms with van der Waals surface area (Å²) in [5, 5.41) is 5.20. The lowest BCUT2D eigenvalue weighted by Gasteiger charge is -2.40. The fraction of sp³-hybridized carbons (Fsp3) is 0.538. The van der Waals surface area contributed by atoms with Crippen LogP contribution < -0.4 is 15.8 Å². The van der Waals surface area contributed by atoms with Crippen LogP contribution >= 0.6 is 0 Å². The largest absolute Gasteiger partial charge is 0.396 e. The van der Waals surface area contributed by atoms with Crippen LogP contribution in [0.5, 0.6) is 0 Å². The van der Waals surface area contributed by atoms with Crippen molar-refractivity contribution in [3.05, 3.63) is 18.2 Å². The SMILES string of the molecule is CCC1COC(C)CN1c1cccc(S(N)(=O)=O)c1N. The zero-order valence-corrected chi connectivity index (χ0v) is 12.6. The van der Waals surface area contributed by atoms with E-state index in [1.165, 1.54) is 6.07 Å². The molecular weight excluding hydrogens is 278 g/mol. The van der Waals surface area contributed by atoms with E-state index in [4.69, 9.17) is 15.6 Å². The van der Waals surface area contributed by atoms with Crippen molar-refractivity contribution in [3.63, 3.8) is 0 Å². The molecule has 0 spiro atoms. The first-order chi connectivity index (χ1) is 9.34. The number of benzene rings is 1. The summed E-state index contributed by atoms with van der Waals surface area (Å²) in [6, 6.07) is 5.10. The van der Waals surface area contributed by atoms with Gasteiger partial charge in [0.1, 0.15) is 4.90 Å². The fourth-order valence-electron chi connectivity index (χ4n) is 2.51. The molecule has 112 valence electrons. The molecule has 20 heavy (non-hydrogen) atoms. The van der Waals surface area contributed by atoms with E-state index in [0.29, 0.717) is 18.8 Å². The smallest absolute Gasteiger partial charge is 0.240 e. The van der Waals surface area contributed by atoms with Gasteiger partial charge in [-0.05, 0) is 25.5 Å². The minimum Gasteiger partial charge on any atom is -0.396 e. The highest BCUT2D eigenvalue weighted by Crippen LogP contribution is 2.32. The molecule has 1 aromatic carbocycles. The van der Waals surface area contributed by atoms with Crippen LogP contribution in [0.4, 0.5) is 11.4 Å². The summed E-state index contributed by atoms with van der Waals surface area (Å²) in [5.74, 6) is 0. The van der Waals surface area contributed by atoms with Gasteiger partial charge in [0.05, 0.1) is 30.1 Å². The van der Waals surface area contributed by atoms with Crippen LogP contribution in [0.2, 0.25) is 0 Å². The standard InChI is InChI=1S/C13H21N3O3S/c1-3-10-8-19-9(2)7-16(10)11-5-4-6-12(13(11)14)20(15,17)18/h4-6,9-10H,3,7-8,14H2,1-2H3,(H2,15,17,18). The first-order valence-electron chi connectivity index (χ1n) is 6.64. The molecule has 2 rings (SSSR count). The van der Waals surface area contributed by atoms with Gasteiger partial charge in [0.25, 0.3) is 0 Å². The normalized spacial score (nSPS) is 23.9. The number of hydrogen-bond acceptors (Lipinski definition) is 5. The number of nitrogen functional groups attached to an aromatic ring is 1. The molecular formula is C13H21N3O3S. The van der Waals surface area contributed by atoms with E-state index in [9.17, 15) is 8.42 Å². The highest BCUT2D eigenvalue weighted by molar-refractivity contribution is 7.89. The Bertz CT molecular complexity index is 589. The summed E-state index contributed by atoms with van der Waals surface area (Å²) in [5.41, 5.74) is 6.94. The van der Waals surface area contributed by atoms with E-state index >= 15 is 0 Å². The number of primary sulfonamides is 1. The molecule has 1 aromatic rings. The zero-order chi connectivity index (χ0) is 14.9. The number of sulfonamides is 1. The Labute approximate surface area is 119 Å². The molecule has 1 saturated heterocycles. The molecule has 1 fully saturated rings. The van der Waals surface area contributed by atoms with Gasteiger partial charge in [-0.25, -0.2) is 13.6 Å². The van der Waals surface area contributed by atoms with E-state index in [1.54, 1.807) is 6.07 Å². The third-order valence-corrected chi connectivity index (χ3v) is 4.57. The number of ether oxygens (including phenoxy) is 1. The van der Waals surface area contributed by atoms with Crippen molar-refractivity contribution in [2.75, 3.05) is 23.8 Å². The molecule has 2 unspecified atom stereocenters. The Balaban J connectivity index is 2.46. The van der Waals surface area contributed by atoms with Crippen molar-refractivity contribution >= 4 is 21.4 Å².